The number of hydrogen-bond donors (Lipinski definition) is 0. The van der Waals surface area contributed by atoms with Crippen LogP contribution >= 0.6 is 0 Å². The third kappa shape index (κ3) is 7.18. The molecule has 2 rings (SSSR count). The summed E-state index contributed by atoms with van der Waals surface area (Å²) < 4.78 is 0. The normalized spacial score (nSPS) is 9.16. The molecule has 0 amide bonds. The Morgan fingerprint density at radius 2 is 0.474 bits per heavy atom. The van der Waals surface area contributed by atoms with Crippen LogP contribution < -0.4 is 0 Å². The van der Waals surface area contributed by atoms with E-state index >= 15 is 0 Å². The van der Waals surface area contributed by atoms with Crippen LogP contribution in [-0.2, 0) is 16.5 Å². The summed E-state index contributed by atoms with van der Waals surface area (Å²) in [6.45, 7) is 12.8. The Bertz CT molecular complexity index is 377. The number of benzene rings is 2. The zero-order valence-corrected chi connectivity index (χ0v) is 13.8. The zero-order chi connectivity index (χ0) is 13.7. The SMILES string of the molecule is Cc1cc(C)cc(C)c1.Cc1cc(C)cc(C)c1.[Ni]. The van der Waals surface area contributed by atoms with Gasteiger partial charge in [-0.15, -0.1) is 0 Å². The molecule has 0 radical (unpaired) electrons. The first-order valence-electron chi connectivity index (χ1n) is 6.46. The first-order valence-corrected chi connectivity index (χ1v) is 6.46. The minimum atomic E-state index is 0. The molecule has 2 aromatic rings. The van der Waals surface area contributed by atoms with Crippen molar-refractivity contribution in [3.8, 4) is 0 Å². The van der Waals surface area contributed by atoms with Gasteiger partial charge in [0.05, 0.1) is 0 Å². The Morgan fingerprint density at radius 1 is 0.368 bits per heavy atom. The van der Waals surface area contributed by atoms with Gasteiger partial charge in [0.2, 0.25) is 0 Å². The van der Waals surface area contributed by atoms with E-state index in [0.29, 0.717) is 0 Å². The van der Waals surface area contributed by atoms with Gasteiger partial charge in [-0.25, -0.2) is 0 Å². The van der Waals surface area contributed by atoms with Gasteiger partial charge in [0.25, 0.3) is 0 Å². The van der Waals surface area contributed by atoms with Crippen molar-refractivity contribution in [3.63, 3.8) is 0 Å². The van der Waals surface area contributed by atoms with Crippen LogP contribution in [0.5, 0.6) is 0 Å². The fourth-order valence-corrected chi connectivity index (χ4v) is 2.40. The van der Waals surface area contributed by atoms with Crippen LogP contribution in [0.2, 0.25) is 0 Å². The first kappa shape index (κ1) is 17.9. The van der Waals surface area contributed by atoms with Crippen LogP contribution in [0.25, 0.3) is 0 Å². The van der Waals surface area contributed by atoms with Crippen molar-refractivity contribution >= 4 is 0 Å². The van der Waals surface area contributed by atoms with Crippen molar-refractivity contribution in [2.45, 2.75) is 41.5 Å². The molecular weight excluding hydrogens is 275 g/mol. The summed E-state index contributed by atoms with van der Waals surface area (Å²) in [6, 6.07) is 13.1. The second kappa shape index (κ2) is 8.17. The maximum atomic E-state index is 2.19. The van der Waals surface area contributed by atoms with Crippen LogP contribution in [0.15, 0.2) is 36.4 Å². The van der Waals surface area contributed by atoms with Crippen molar-refractivity contribution in [2.24, 2.45) is 0 Å². The summed E-state index contributed by atoms with van der Waals surface area (Å²) in [5, 5.41) is 0. The van der Waals surface area contributed by atoms with Gasteiger partial charge in [-0.3, -0.25) is 0 Å². The van der Waals surface area contributed by atoms with E-state index in [9.17, 15) is 0 Å². The molecule has 0 heterocycles. The van der Waals surface area contributed by atoms with E-state index in [1.807, 2.05) is 0 Å². The Morgan fingerprint density at radius 3 is 0.579 bits per heavy atom. The zero-order valence-electron chi connectivity index (χ0n) is 12.8. The van der Waals surface area contributed by atoms with Crippen molar-refractivity contribution in [3.05, 3.63) is 69.8 Å². The average Bonchev–Trinajstić information content (AvgIpc) is 2.12. The summed E-state index contributed by atoms with van der Waals surface area (Å²) in [7, 11) is 0. The van der Waals surface area contributed by atoms with Crippen molar-refractivity contribution < 1.29 is 16.5 Å². The standard InChI is InChI=1S/2C9H12.Ni/c2*1-7-4-8(2)6-9(3)5-7;/h2*4-6H,1-3H3;. The second-order valence-corrected chi connectivity index (χ2v) is 5.33. The molecule has 19 heavy (non-hydrogen) atoms. The van der Waals surface area contributed by atoms with Gasteiger partial charge in [0.1, 0.15) is 0 Å². The maximum Gasteiger partial charge on any atom is 0 e. The summed E-state index contributed by atoms with van der Waals surface area (Å²) in [4.78, 5) is 0. The summed E-state index contributed by atoms with van der Waals surface area (Å²) in [6.07, 6.45) is 0. The molecule has 0 aliphatic carbocycles. The molecule has 0 fully saturated rings. The van der Waals surface area contributed by atoms with Crippen LogP contribution in [0.4, 0.5) is 0 Å². The number of aryl methyl sites for hydroxylation is 6. The molecule has 0 atom stereocenters. The molecule has 0 spiro atoms. The van der Waals surface area contributed by atoms with Gasteiger partial charge in [-0.2, -0.15) is 0 Å². The molecule has 0 saturated heterocycles. The van der Waals surface area contributed by atoms with Crippen LogP contribution in [0.3, 0.4) is 0 Å². The minimum Gasteiger partial charge on any atom is -0.0564 e. The molecule has 0 aliphatic heterocycles. The first-order chi connectivity index (χ1) is 8.36. The second-order valence-electron chi connectivity index (χ2n) is 5.33. The van der Waals surface area contributed by atoms with E-state index in [-0.39, 0.29) is 16.5 Å². The molecule has 106 valence electrons. The van der Waals surface area contributed by atoms with Gasteiger partial charge in [-0.1, -0.05) is 69.8 Å². The van der Waals surface area contributed by atoms with E-state index in [2.05, 4.69) is 77.9 Å². The summed E-state index contributed by atoms with van der Waals surface area (Å²) in [5.41, 5.74) is 8.13. The smallest absolute Gasteiger partial charge is 0 e. The molecule has 0 aliphatic rings. The average molecular weight is 299 g/mol. The van der Waals surface area contributed by atoms with E-state index < -0.39 is 0 Å². The Hall–Kier alpha value is -1.07. The van der Waals surface area contributed by atoms with E-state index in [1.165, 1.54) is 33.4 Å². The van der Waals surface area contributed by atoms with Crippen molar-refractivity contribution in [2.75, 3.05) is 0 Å². The summed E-state index contributed by atoms with van der Waals surface area (Å²) >= 11 is 0. The molecular formula is C18H24Ni. The monoisotopic (exact) mass is 298 g/mol. The Balaban J connectivity index is 0.000000324. The van der Waals surface area contributed by atoms with Crippen molar-refractivity contribution in [1.29, 1.82) is 0 Å². The van der Waals surface area contributed by atoms with Crippen LogP contribution in [0.1, 0.15) is 33.4 Å². The van der Waals surface area contributed by atoms with Gasteiger partial charge in [-0.05, 0) is 41.5 Å². The molecule has 2 aromatic carbocycles. The van der Waals surface area contributed by atoms with Gasteiger partial charge >= 0.3 is 0 Å². The molecule has 1 heteroatoms. The minimum absolute atomic E-state index is 0. The molecule has 0 aromatic heterocycles. The quantitative estimate of drug-likeness (QED) is 0.585. The third-order valence-electron chi connectivity index (χ3n) is 2.73. The van der Waals surface area contributed by atoms with E-state index in [1.54, 1.807) is 0 Å². The Kier molecular flexibility index (Phi) is 7.72. The topological polar surface area (TPSA) is 0 Å². The molecule has 0 N–H and O–H groups in total. The van der Waals surface area contributed by atoms with Crippen LogP contribution in [-0.4, -0.2) is 0 Å². The fraction of sp³-hybridized carbons (Fsp3) is 0.333. The summed E-state index contributed by atoms with van der Waals surface area (Å²) in [5.74, 6) is 0. The van der Waals surface area contributed by atoms with Crippen molar-refractivity contribution in [1.82, 2.24) is 0 Å². The molecule has 0 nitrogen and oxygen atoms in total. The predicted octanol–water partition coefficient (Wildman–Crippen LogP) is 5.22. The molecule has 0 unspecified atom stereocenters. The third-order valence-corrected chi connectivity index (χ3v) is 2.73. The fourth-order valence-electron chi connectivity index (χ4n) is 2.40. The Labute approximate surface area is 128 Å². The number of rotatable bonds is 0. The largest absolute Gasteiger partial charge is 0.0564 e. The van der Waals surface area contributed by atoms with E-state index in [0.717, 1.165) is 0 Å². The van der Waals surface area contributed by atoms with Crippen LogP contribution in [0, 0.1) is 41.5 Å². The molecule has 0 saturated carbocycles. The van der Waals surface area contributed by atoms with Gasteiger partial charge < -0.3 is 0 Å². The number of hydrogen-bond acceptors (Lipinski definition) is 0. The maximum absolute atomic E-state index is 2.19. The molecule has 0 bridgehead atoms. The van der Waals surface area contributed by atoms with Gasteiger partial charge in [0, 0.05) is 16.5 Å². The van der Waals surface area contributed by atoms with Gasteiger partial charge in [0.15, 0.2) is 0 Å². The predicted molar refractivity (Wildman–Crippen MR) is 81.3 cm³/mol. The van der Waals surface area contributed by atoms with E-state index in [4.69, 9.17) is 0 Å².